The van der Waals surface area contributed by atoms with E-state index >= 15 is 0 Å². The molecule has 0 atom stereocenters. The Bertz CT molecular complexity index is 1010. The maximum atomic E-state index is 12.8. The molecule has 2 rings (SSSR count). The Labute approximate surface area is 185 Å². The smallest absolute Gasteiger partial charge is 0.250 e. The van der Waals surface area contributed by atoms with Gasteiger partial charge in [-0.2, -0.15) is 0 Å². The average molecular weight is 443 g/mol. The summed E-state index contributed by atoms with van der Waals surface area (Å²) in [6.07, 6.45) is 2.63. The van der Waals surface area contributed by atoms with Gasteiger partial charge in [-0.05, 0) is 73.1 Å². The first-order valence-electron chi connectivity index (χ1n) is 9.43. The van der Waals surface area contributed by atoms with E-state index in [1.165, 1.54) is 36.4 Å². The third-order valence-electron chi connectivity index (χ3n) is 4.22. The SMILES string of the molecule is Cc1ccc(NC(=O)CCC(=O)NNC(=S)NC(=O)C=Cc2ccc(F)cc2)cc1C. The average Bonchev–Trinajstić information content (AvgIpc) is 2.73. The Hall–Kier alpha value is -3.59. The molecule has 9 heteroatoms. The minimum Gasteiger partial charge on any atom is -0.326 e. The van der Waals surface area contributed by atoms with E-state index in [4.69, 9.17) is 12.2 Å². The summed E-state index contributed by atoms with van der Waals surface area (Å²) < 4.78 is 12.8. The molecule has 3 amide bonds. The Morgan fingerprint density at radius 2 is 1.61 bits per heavy atom. The summed E-state index contributed by atoms with van der Waals surface area (Å²) in [4.78, 5) is 35.6. The predicted octanol–water partition coefficient (Wildman–Crippen LogP) is 2.90. The van der Waals surface area contributed by atoms with Gasteiger partial charge in [-0.25, -0.2) is 4.39 Å². The number of anilines is 1. The van der Waals surface area contributed by atoms with Crippen molar-refractivity contribution in [2.24, 2.45) is 0 Å². The first-order chi connectivity index (χ1) is 14.7. The van der Waals surface area contributed by atoms with Crippen LogP contribution >= 0.6 is 12.2 Å². The van der Waals surface area contributed by atoms with Crippen LogP contribution in [0.25, 0.3) is 6.08 Å². The number of aryl methyl sites for hydroxylation is 2. The standard InChI is InChI=1S/C22H23FN4O3S/c1-14-3-9-18(13-15(14)2)24-19(28)11-12-21(30)26-27-22(31)25-20(29)10-6-16-4-7-17(23)8-5-16/h3-10,13H,11-12H2,1-2H3,(H,24,28)(H,26,30)(H2,25,27,29,31). The van der Waals surface area contributed by atoms with Crippen molar-refractivity contribution in [3.63, 3.8) is 0 Å². The number of thiocarbonyl (C=S) groups is 1. The molecule has 0 fully saturated rings. The van der Waals surface area contributed by atoms with Gasteiger partial charge in [0, 0.05) is 24.6 Å². The molecule has 7 nitrogen and oxygen atoms in total. The zero-order valence-corrected chi connectivity index (χ0v) is 17.9. The van der Waals surface area contributed by atoms with Crippen molar-refractivity contribution in [1.82, 2.24) is 16.2 Å². The second-order valence-corrected chi connectivity index (χ2v) is 7.13. The lowest BCUT2D eigenvalue weighted by Gasteiger charge is -2.10. The van der Waals surface area contributed by atoms with Crippen molar-refractivity contribution in [2.75, 3.05) is 5.32 Å². The zero-order valence-electron chi connectivity index (χ0n) is 17.1. The van der Waals surface area contributed by atoms with Crippen LogP contribution in [0.4, 0.5) is 10.1 Å². The van der Waals surface area contributed by atoms with E-state index in [2.05, 4.69) is 21.5 Å². The lowest BCUT2D eigenvalue weighted by molar-refractivity contribution is -0.124. The molecule has 162 valence electrons. The molecule has 0 aliphatic carbocycles. The topological polar surface area (TPSA) is 99.3 Å². The Kier molecular flexibility index (Phi) is 8.83. The highest BCUT2D eigenvalue weighted by Crippen LogP contribution is 2.14. The molecule has 2 aromatic rings. The van der Waals surface area contributed by atoms with Crippen molar-refractivity contribution in [1.29, 1.82) is 0 Å². The van der Waals surface area contributed by atoms with Gasteiger partial charge in [0.05, 0.1) is 0 Å². The van der Waals surface area contributed by atoms with Crippen LogP contribution < -0.4 is 21.5 Å². The minimum absolute atomic E-state index is 0.0139. The molecular formula is C22H23FN4O3S. The normalized spacial score (nSPS) is 10.4. The second kappa shape index (κ2) is 11.6. The lowest BCUT2D eigenvalue weighted by atomic mass is 10.1. The van der Waals surface area contributed by atoms with Gasteiger partial charge in [-0.3, -0.25) is 30.6 Å². The first kappa shape index (κ1) is 23.7. The van der Waals surface area contributed by atoms with E-state index in [1.54, 1.807) is 6.07 Å². The summed E-state index contributed by atoms with van der Waals surface area (Å²) in [5, 5.41) is 4.98. The molecule has 0 bridgehead atoms. The van der Waals surface area contributed by atoms with Gasteiger partial charge in [0.25, 0.3) is 0 Å². The monoisotopic (exact) mass is 442 g/mol. The predicted molar refractivity (Wildman–Crippen MR) is 121 cm³/mol. The number of hydrazine groups is 1. The summed E-state index contributed by atoms with van der Waals surface area (Å²) in [7, 11) is 0. The van der Waals surface area contributed by atoms with Crippen molar-refractivity contribution < 1.29 is 18.8 Å². The molecule has 0 unspecified atom stereocenters. The maximum absolute atomic E-state index is 12.8. The van der Waals surface area contributed by atoms with Gasteiger partial charge in [0.2, 0.25) is 17.7 Å². The molecule has 0 spiro atoms. The number of hydrogen-bond acceptors (Lipinski definition) is 4. The molecule has 4 N–H and O–H groups in total. The quantitative estimate of drug-likeness (QED) is 0.313. The van der Waals surface area contributed by atoms with Crippen molar-refractivity contribution in [3.8, 4) is 0 Å². The van der Waals surface area contributed by atoms with Crippen LogP contribution in [0.2, 0.25) is 0 Å². The van der Waals surface area contributed by atoms with Crippen LogP contribution in [-0.2, 0) is 14.4 Å². The van der Waals surface area contributed by atoms with Gasteiger partial charge in [-0.15, -0.1) is 0 Å². The van der Waals surface area contributed by atoms with Gasteiger partial charge in [-0.1, -0.05) is 18.2 Å². The van der Waals surface area contributed by atoms with E-state index in [0.29, 0.717) is 11.3 Å². The highest BCUT2D eigenvalue weighted by molar-refractivity contribution is 7.80. The fourth-order valence-corrected chi connectivity index (χ4v) is 2.54. The summed E-state index contributed by atoms with van der Waals surface area (Å²) in [5.41, 5.74) is 8.20. The Morgan fingerprint density at radius 3 is 2.29 bits per heavy atom. The number of nitrogens with one attached hydrogen (secondary N) is 4. The zero-order chi connectivity index (χ0) is 22.8. The molecule has 31 heavy (non-hydrogen) atoms. The third-order valence-corrected chi connectivity index (χ3v) is 4.42. The number of carbonyl (C=O) groups is 3. The summed E-state index contributed by atoms with van der Waals surface area (Å²) in [6.45, 7) is 3.93. The number of carbonyl (C=O) groups excluding carboxylic acids is 3. The molecule has 0 radical (unpaired) electrons. The van der Waals surface area contributed by atoms with E-state index in [0.717, 1.165) is 11.1 Å². The third kappa shape index (κ3) is 8.75. The Balaban J connectivity index is 1.67. The maximum Gasteiger partial charge on any atom is 0.250 e. The van der Waals surface area contributed by atoms with E-state index in [9.17, 15) is 18.8 Å². The van der Waals surface area contributed by atoms with Crippen LogP contribution in [0.15, 0.2) is 48.5 Å². The van der Waals surface area contributed by atoms with Crippen molar-refractivity contribution >= 4 is 46.8 Å². The van der Waals surface area contributed by atoms with E-state index < -0.39 is 11.8 Å². The Morgan fingerprint density at radius 1 is 0.935 bits per heavy atom. The highest BCUT2D eigenvalue weighted by atomic mass is 32.1. The minimum atomic E-state index is -0.524. The first-order valence-corrected chi connectivity index (χ1v) is 9.84. The number of benzene rings is 2. The molecule has 0 heterocycles. The molecule has 2 aromatic carbocycles. The lowest BCUT2D eigenvalue weighted by Crippen LogP contribution is -2.48. The summed E-state index contributed by atoms with van der Waals surface area (Å²) in [5.74, 6) is -1.65. The van der Waals surface area contributed by atoms with Crippen LogP contribution in [0.5, 0.6) is 0 Å². The fourth-order valence-electron chi connectivity index (χ4n) is 2.39. The van der Waals surface area contributed by atoms with E-state index in [-0.39, 0.29) is 29.7 Å². The molecule has 0 saturated heterocycles. The molecule has 0 saturated carbocycles. The molecular weight excluding hydrogens is 419 g/mol. The van der Waals surface area contributed by atoms with Crippen LogP contribution in [-0.4, -0.2) is 22.8 Å². The highest BCUT2D eigenvalue weighted by Gasteiger charge is 2.09. The second-order valence-electron chi connectivity index (χ2n) is 6.72. The number of hydrogen-bond donors (Lipinski definition) is 4. The molecule has 0 aliphatic heterocycles. The molecule has 0 aromatic heterocycles. The van der Waals surface area contributed by atoms with Gasteiger partial charge in [0.1, 0.15) is 5.82 Å². The van der Waals surface area contributed by atoms with E-state index in [1.807, 2.05) is 26.0 Å². The summed E-state index contributed by atoms with van der Waals surface area (Å²) >= 11 is 4.92. The van der Waals surface area contributed by atoms with Crippen molar-refractivity contribution in [2.45, 2.75) is 26.7 Å². The number of amides is 3. The molecule has 0 aliphatic rings. The van der Waals surface area contributed by atoms with Gasteiger partial charge >= 0.3 is 0 Å². The summed E-state index contributed by atoms with van der Waals surface area (Å²) in [6, 6.07) is 11.2. The fraction of sp³-hybridized carbons (Fsp3) is 0.182. The number of halogens is 1. The van der Waals surface area contributed by atoms with Crippen LogP contribution in [0.1, 0.15) is 29.5 Å². The number of rotatable bonds is 6. The van der Waals surface area contributed by atoms with Gasteiger partial charge in [0.15, 0.2) is 5.11 Å². The van der Waals surface area contributed by atoms with Crippen molar-refractivity contribution in [3.05, 3.63) is 71.0 Å². The largest absolute Gasteiger partial charge is 0.326 e. The van der Waals surface area contributed by atoms with Crippen LogP contribution in [0.3, 0.4) is 0 Å². The van der Waals surface area contributed by atoms with Crippen LogP contribution in [0, 0.1) is 19.7 Å². The van der Waals surface area contributed by atoms with Gasteiger partial charge < -0.3 is 5.32 Å².